The van der Waals surface area contributed by atoms with E-state index in [2.05, 4.69) is 0 Å². The van der Waals surface area contributed by atoms with Crippen LogP contribution in [0.2, 0.25) is 10.0 Å². The summed E-state index contributed by atoms with van der Waals surface area (Å²) in [6.45, 7) is 0. The number of rotatable bonds is 3. The minimum atomic E-state index is 0.257. The Morgan fingerprint density at radius 1 is 0.448 bits per heavy atom. The minimum Gasteiger partial charge on any atom is -0.508 e. The van der Waals surface area contributed by atoms with Gasteiger partial charge in [0.15, 0.2) is 0 Å². The lowest BCUT2D eigenvalue weighted by molar-refractivity contribution is 0.474. The Morgan fingerprint density at radius 3 is 1.07 bits per heavy atom. The highest BCUT2D eigenvalue weighted by molar-refractivity contribution is 7.99. The smallest absolute Gasteiger partial charge is 0.115 e. The van der Waals surface area contributed by atoms with Crippen molar-refractivity contribution in [1.82, 2.24) is 0 Å². The summed E-state index contributed by atoms with van der Waals surface area (Å²) in [5.74, 6) is 0.514. The molecule has 0 aromatic heterocycles. The van der Waals surface area contributed by atoms with E-state index in [4.69, 9.17) is 33.4 Å². The Kier molecular flexibility index (Phi) is 7.48. The van der Waals surface area contributed by atoms with Crippen molar-refractivity contribution in [3.63, 3.8) is 0 Å². The zero-order valence-electron chi connectivity index (χ0n) is 15.3. The second kappa shape index (κ2) is 10.3. The van der Waals surface area contributed by atoms with Gasteiger partial charge >= 0.3 is 0 Å². The summed E-state index contributed by atoms with van der Waals surface area (Å²) in [5.41, 5.74) is 2.03. The quantitative estimate of drug-likeness (QED) is 0.339. The van der Waals surface area contributed by atoms with Gasteiger partial charge in [-0.25, -0.2) is 0 Å². The molecule has 2 nitrogen and oxygen atoms in total. The molecular formula is C24H18Cl2O2S. The molecule has 0 radical (unpaired) electrons. The fourth-order valence-electron chi connectivity index (χ4n) is 2.45. The third kappa shape index (κ3) is 6.75. The van der Waals surface area contributed by atoms with Crippen molar-refractivity contribution in [3.8, 4) is 22.6 Å². The monoisotopic (exact) mass is 440 g/mol. The van der Waals surface area contributed by atoms with Crippen LogP contribution < -0.4 is 0 Å². The Morgan fingerprint density at radius 2 is 0.759 bits per heavy atom. The molecule has 146 valence electrons. The number of benzene rings is 4. The first kappa shape index (κ1) is 21.1. The average molecular weight is 441 g/mol. The van der Waals surface area contributed by atoms with E-state index < -0.39 is 0 Å². The number of aromatic hydroxyl groups is 2. The topological polar surface area (TPSA) is 40.5 Å². The maximum absolute atomic E-state index is 9.11. The number of hydrogen-bond donors (Lipinski definition) is 2. The average Bonchev–Trinajstić information content (AvgIpc) is 2.73. The van der Waals surface area contributed by atoms with E-state index >= 15 is 0 Å². The lowest BCUT2D eigenvalue weighted by Gasteiger charge is -2.01. The highest BCUT2D eigenvalue weighted by Crippen LogP contribution is 2.29. The SMILES string of the molecule is Clc1ccc(Sc2ccc(Cl)cc2)cc1.Oc1ccc(-c2ccc(O)cc2)cc1. The van der Waals surface area contributed by atoms with Crippen molar-refractivity contribution in [1.29, 1.82) is 0 Å². The summed E-state index contributed by atoms with van der Waals surface area (Å²) in [6, 6.07) is 29.5. The van der Waals surface area contributed by atoms with E-state index in [1.165, 1.54) is 9.79 Å². The van der Waals surface area contributed by atoms with Gasteiger partial charge in [0.1, 0.15) is 11.5 Å². The molecule has 0 aliphatic carbocycles. The van der Waals surface area contributed by atoms with Gasteiger partial charge in [-0.2, -0.15) is 0 Å². The number of phenolic OH excluding ortho intramolecular Hbond substituents is 2. The van der Waals surface area contributed by atoms with E-state index in [9.17, 15) is 0 Å². The Bertz CT molecular complexity index is 943. The second-order valence-electron chi connectivity index (χ2n) is 6.10. The molecule has 0 aliphatic rings. The van der Waals surface area contributed by atoms with Gasteiger partial charge in [-0.15, -0.1) is 0 Å². The van der Waals surface area contributed by atoms with Gasteiger partial charge in [-0.1, -0.05) is 59.2 Å². The van der Waals surface area contributed by atoms with Crippen molar-refractivity contribution in [2.24, 2.45) is 0 Å². The van der Waals surface area contributed by atoms with Gasteiger partial charge in [0.2, 0.25) is 0 Å². The molecule has 0 unspecified atom stereocenters. The van der Waals surface area contributed by atoms with Gasteiger partial charge in [0, 0.05) is 19.8 Å². The summed E-state index contributed by atoms with van der Waals surface area (Å²) in [5, 5.41) is 19.7. The third-order valence-corrected chi connectivity index (χ3v) is 5.45. The zero-order chi connectivity index (χ0) is 20.6. The fourth-order valence-corrected chi connectivity index (χ4v) is 3.52. The summed E-state index contributed by atoms with van der Waals surface area (Å²) in [6.07, 6.45) is 0. The molecule has 0 fully saturated rings. The second-order valence-corrected chi connectivity index (χ2v) is 8.12. The maximum Gasteiger partial charge on any atom is 0.115 e. The van der Waals surface area contributed by atoms with Crippen molar-refractivity contribution in [2.75, 3.05) is 0 Å². The molecule has 0 atom stereocenters. The lowest BCUT2D eigenvalue weighted by atomic mass is 10.1. The first-order valence-electron chi connectivity index (χ1n) is 8.77. The number of halogens is 2. The van der Waals surface area contributed by atoms with Gasteiger partial charge < -0.3 is 10.2 Å². The predicted octanol–water partition coefficient (Wildman–Crippen LogP) is 7.91. The predicted molar refractivity (Wildman–Crippen MR) is 122 cm³/mol. The van der Waals surface area contributed by atoms with Crippen LogP contribution in [0.1, 0.15) is 0 Å². The van der Waals surface area contributed by atoms with E-state index in [-0.39, 0.29) is 11.5 Å². The van der Waals surface area contributed by atoms with Gasteiger partial charge in [-0.3, -0.25) is 0 Å². The van der Waals surface area contributed by atoms with Crippen LogP contribution in [0.25, 0.3) is 11.1 Å². The molecule has 0 saturated heterocycles. The Balaban J connectivity index is 0.000000166. The van der Waals surface area contributed by atoms with Crippen molar-refractivity contribution >= 4 is 35.0 Å². The number of phenols is 2. The first-order valence-corrected chi connectivity index (χ1v) is 10.3. The van der Waals surface area contributed by atoms with Crippen molar-refractivity contribution in [3.05, 3.63) is 107 Å². The fraction of sp³-hybridized carbons (Fsp3) is 0. The summed E-state index contributed by atoms with van der Waals surface area (Å²) in [7, 11) is 0. The van der Waals surface area contributed by atoms with Crippen LogP contribution in [-0.4, -0.2) is 10.2 Å². The van der Waals surface area contributed by atoms with E-state index in [0.29, 0.717) is 0 Å². The van der Waals surface area contributed by atoms with Gasteiger partial charge in [-0.05, 0) is 83.9 Å². The molecule has 0 aliphatic heterocycles. The molecule has 0 heterocycles. The highest BCUT2D eigenvalue weighted by Gasteiger charge is 1.98. The molecule has 0 spiro atoms. The zero-order valence-corrected chi connectivity index (χ0v) is 17.6. The molecular weight excluding hydrogens is 423 g/mol. The summed E-state index contributed by atoms with van der Waals surface area (Å²) >= 11 is 13.3. The summed E-state index contributed by atoms with van der Waals surface area (Å²) < 4.78 is 0. The lowest BCUT2D eigenvalue weighted by Crippen LogP contribution is -1.75. The van der Waals surface area contributed by atoms with Crippen molar-refractivity contribution in [2.45, 2.75) is 9.79 Å². The van der Waals surface area contributed by atoms with Crippen molar-refractivity contribution < 1.29 is 10.2 Å². The van der Waals surface area contributed by atoms with Crippen LogP contribution in [0.4, 0.5) is 0 Å². The van der Waals surface area contributed by atoms with Crippen LogP contribution in [0.15, 0.2) is 107 Å². The van der Waals surface area contributed by atoms with Crippen LogP contribution >= 0.6 is 35.0 Å². The Hall–Kier alpha value is -2.59. The highest BCUT2D eigenvalue weighted by atomic mass is 35.5. The third-order valence-electron chi connectivity index (χ3n) is 3.93. The minimum absolute atomic E-state index is 0.257. The molecule has 29 heavy (non-hydrogen) atoms. The number of hydrogen-bond acceptors (Lipinski definition) is 3. The molecule has 0 saturated carbocycles. The van der Waals surface area contributed by atoms with Crippen LogP contribution in [0.3, 0.4) is 0 Å². The van der Waals surface area contributed by atoms with Crippen LogP contribution in [0, 0.1) is 0 Å². The van der Waals surface area contributed by atoms with Gasteiger partial charge in [0.25, 0.3) is 0 Å². The molecule has 0 bridgehead atoms. The maximum atomic E-state index is 9.11. The molecule has 5 heteroatoms. The van der Waals surface area contributed by atoms with E-state index in [1.807, 2.05) is 72.8 Å². The Labute approximate surface area is 184 Å². The van der Waals surface area contributed by atoms with E-state index in [0.717, 1.165) is 21.2 Å². The standard InChI is InChI=1S/C12H8Cl2S.C12H10O2/c13-9-1-5-11(6-2-9)15-12-7-3-10(14)4-8-12;13-11-5-1-9(2-6-11)10-3-7-12(14)8-4-10/h1-8H;1-8,13-14H. The molecule has 0 amide bonds. The first-order chi connectivity index (χ1) is 14.0. The molecule has 2 N–H and O–H groups in total. The molecule has 4 aromatic carbocycles. The van der Waals surface area contributed by atoms with Gasteiger partial charge in [0.05, 0.1) is 0 Å². The molecule has 4 rings (SSSR count). The van der Waals surface area contributed by atoms with E-state index in [1.54, 1.807) is 36.0 Å². The largest absolute Gasteiger partial charge is 0.508 e. The molecule has 4 aromatic rings. The van der Waals surface area contributed by atoms with Crippen LogP contribution in [-0.2, 0) is 0 Å². The van der Waals surface area contributed by atoms with Crippen LogP contribution in [0.5, 0.6) is 11.5 Å². The normalized spacial score (nSPS) is 10.1. The summed E-state index contributed by atoms with van der Waals surface area (Å²) in [4.78, 5) is 2.34.